The van der Waals surface area contributed by atoms with Crippen molar-refractivity contribution in [2.75, 3.05) is 29.0 Å². The SMILES string of the molecule is N=Cc1c(NC2CCCCC2)nc(C2CN(c3ccc(N)cc3)C2)[nH]c1=O. The van der Waals surface area contributed by atoms with Crippen LogP contribution >= 0.6 is 0 Å². The minimum Gasteiger partial charge on any atom is -0.399 e. The molecule has 7 nitrogen and oxygen atoms in total. The molecule has 7 heteroatoms. The van der Waals surface area contributed by atoms with Crippen LogP contribution in [0, 0.1) is 5.41 Å². The summed E-state index contributed by atoms with van der Waals surface area (Å²) in [5, 5.41) is 11.0. The maximum Gasteiger partial charge on any atom is 0.261 e. The first-order chi connectivity index (χ1) is 13.1. The molecule has 2 aliphatic rings. The minimum absolute atomic E-state index is 0.182. The Kier molecular flexibility index (Phi) is 4.83. The smallest absolute Gasteiger partial charge is 0.261 e. The van der Waals surface area contributed by atoms with Gasteiger partial charge < -0.3 is 26.3 Å². The van der Waals surface area contributed by atoms with Gasteiger partial charge in [0.1, 0.15) is 11.6 Å². The first kappa shape index (κ1) is 17.6. The quantitative estimate of drug-likeness (QED) is 0.480. The van der Waals surface area contributed by atoms with Crippen molar-refractivity contribution >= 4 is 23.4 Å². The fourth-order valence-corrected chi connectivity index (χ4v) is 3.92. The van der Waals surface area contributed by atoms with E-state index in [9.17, 15) is 4.79 Å². The van der Waals surface area contributed by atoms with Crippen LogP contribution in [-0.2, 0) is 0 Å². The first-order valence-corrected chi connectivity index (χ1v) is 9.66. The lowest BCUT2D eigenvalue weighted by atomic mass is 9.95. The van der Waals surface area contributed by atoms with Crippen LogP contribution in [0.15, 0.2) is 29.1 Å². The summed E-state index contributed by atoms with van der Waals surface area (Å²) < 4.78 is 0. The third-order valence-electron chi connectivity index (χ3n) is 5.59. The van der Waals surface area contributed by atoms with Crippen LogP contribution in [0.2, 0.25) is 0 Å². The maximum atomic E-state index is 12.5. The number of hydrogen-bond acceptors (Lipinski definition) is 6. The monoisotopic (exact) mass is 366 g/mol. The Bertz CT molecular complexity index is 863. The number of nitrogens with two attached hydrogens (primary N) is 1. The Morgan fingerprint density at radius 1 is 1.19 bits per heavy atom. The predicted octanol–water partition coefficient (Wildman–Crippen LogP) is 2.70. The molecular formula is C20H26N6O. The highest BCUT2D eigenvalue weighted by Crippen LogP contribution is 2.31. The van der Waals surface area contributed by atoms with E-state index in [1.54, 1.807) is 0 Å². The highest BCUT2D eigenvalue weighted by Gasteiger charge is 2.31. The molecule has 27 heavy (non-hydrogen) atoms. The van der Waals surface area contributed by atoms with Crippen LogP contribution in [0.3, 0.4) is 0 Å². The van der Waals surface area contributed by atoms with Gasteiger partial charge in [-0.2, -0.15) is 0 Å². The Balaban J connectivity index is 1.50. The Hall–Kier alpha value is -2.83. The molecule has 2 heterocycles. The van der Waals surface area contributed by atoms with E-state index in [-0.39, 0.29) is 11.5 Å². The molecule has 0 unspecified atom stereocenters. The van der Waals surface area contributed by atoms with Crippen molar-refractivity contribution < 1.29 is 0 Å². The van der Waals surface area contributed by atoms with Gasteiger partial charge in [-0.15, -0.1) is 0 Å². The summed E-state index contributed by atoms with van der Waals surface area (Å²) in [6.07, 6.45) is 6.96. The topological polar surface area (TPSA) is 111 Å². The maximum absolute atomic E-state index is 12.5. The lowest BCUT2D eigenvalue weighted by Crippen LogP contribution is -2.46. The summed E-state index contributed by atoms with van der Waals surface area (Å²) in [7, 11) is 0. The lowest BCUT2D eigenvalue weighted by molar-refractivity contribution is 0.460. The van der Waals surface area contributed by atoms with E-state index < -0.39 is 0 Å². The zero-order valence-electron chi connectivity index (χ0n) is 15.4. The van der Waals surface area contributed by atoms with E-state index in [4.69, 9.17) is 16.1 Å². The van der Waals surface area contributed by atoms with E-state index in [2.05, 4.69) is 15.2 Å². The fraction of sp³-hybridized carbons (Fsp3) is 0.450. The average Bonchev–Trinajstić information content (AvgIpc) is 2.63. The lowest BCUT2D eigenvalue weighted by Gasteiger charge is -2.40. The van der Waals surface area contributed by atoms with Gasteiger partial charge in [-0.25, -0.2) is 4.98 Å². The number of nitrogens with zero attached hydrogens (tertiary/aromatic N) is 2. The van der Waals surface area contributed by atoms with Gasteiger partial charge in [-0.1, -0.05) is 19.3 Å². The summed E-state index contributed by atoms with van der Waals surface area (Å²) in [6, 6.07) is 8.15. The van der Waals surface area contributed by atoms with Crippen LogP contribution in [0.5, 0.6) is 0 Å². The summed E-state index contributed by atoms with van der Waals surface area (Å²) in [6.45, 7) is 1.61. The van der Waals surface area contributed by atoms with E-state index in [0.717, 1.165) is 43.5 Å². The largest absolute Gasteiger partial charge is 0.399 e. The van der Waals surface area contributed by atoms with Crippen molar-refractivity contribution in [3.05, 3.63) is 46.0 Å². The van der Waals surface area contributed by atoms with Crippen LogP contribution in [0.1, 0.15) is 49.4 Å². The normalized spacial score (nSPS) is 18.1. The molecule has 1 aromatic heterocycles. The van der Waals surface area contributed by atoms with Crippen molar-refractivity contribution in [1.29, 1.82) is 5.41 Å². The van der Waals surface area contributed by atoms with Crippen molar-refractivity contribution in [3.8, 4) is 0 Å². The molecule has 1 saturated carbocycles. The number of aromatic amines is 1. The van der Waals surface area contributed by atoms with Gasteiger partial charge in [0, 0.05) is 36.7 Å². The molecular weight excluding hydrogens is 340 g/mol. The highest BCUT2D eigenvalue weighted by atomic mass is 16.1. The van der Waals surface area contributed by atoms with Gasteiger partial charge in [-0.3, -0.25) is 4.79 Å². The number of nitrogens with one attached hydrogen (secondary N) is 3. The first-order valence-electron chi connectivity index (χ1n) is 9.66. The van der Waals surface area contributed by atoms with E-state index in [1.165, 1.54) is 19.3 Å². The predicted molar refractivity (Wildman–Crippen MR) is 109 cm³/mol. The number of anilines is 3. The number of hydrogen-bond donors (Lipinski definition) is 4. The zero-order valence-corrected chi connectivity index (χ0v) is 15.4. The molecule has 142 valence electrons. The zero-order chi connectivity index (χ0) is 18.8. The molecule has 0 bridgehead atoms. The molecule has 0 radical (unpaired) electrons. The Labute approximate surface area is 158 Å². The molecule has 2 fully saturated rings. The molecule has 0 spiro atoms. The number of rotatable bonds is 5. The average molecular weight is 366 g/mol. The number of nitrogen functional groups attached to an aromatic ring is 1. The van der Waals surface area contributed by atoms with Gasteiger partial charge in [0.2, 0.25) is 0 Å². The Morgan fingerprint density at radius 3 is 2.56 bits per heavy atom. The third kappa shape index (κ3) is 3.67. The van der Waals surface area contributed by atoms with E-state index in [1.807, 2.05) is 24.3 Å². The van der Waals surface area contributed by atoms with Crippen molar-refractivity contribution in [1.82, 2.24) is 9.97 Å². The molecule has 0 atom stereocenters. The van der Waals surface area contributed by atoms with E-state index in [0.29, 0.717) is 23.2 Å². The fourth-order valence-electron chi connectivity index (χ4n) is 3.92. The van der Waals surface area contributed by atoms with Crippen LogP contribution < -0.4 is 21.5 Å². The standard InChI is InChI=1S/C20H26N6O/c21-10-17-19(23-15-4-2-1-3-5-15)24-18(25-20(17)27)13-11-26(12-13)16-8-6-14(22)7-9-16/h6-10,13,15,21H,1-5,11-12,22H2,(H2,23,24,25,27). The van der Waals surface area contributed by atoms with Crippen molar-refractivity contribution in [2.45, 2.75) is 44.1 Å². The van der Waals surface area contributed by atoms with Gasteiger partial charge in [-0.05, 0) is 37.1 Å². The van der Waals surface area contributed by atoms with Gasteiger partial charge in [0.05, 0.1) is 11.5 Å². The van der Waals surface area contributed by atoms with Crippen molar-refractivity contribution in [2.24, 2.45) is 0 Å². The number of H-pyrrole nitrogens is 1. The van der Waals surface area contributed by atoms with Gasteiger partial charge in [0.25, 0.3) is 5.56 Å². The van der Waals surface area contributed by atoms with Crippen LogP contribution in [0.25, 0.3) is 0 Å². The van der Waals surface area contributed by atoms with Gasteiger partial charge >= 0.3 is 0 Å². The third-order valence-corrected chi connectivity index (χ3v) is 5.59. The molecule has 1 aliphatic heterocycles. The second-order valence-electron chi connectivity index (χ2n) is 7.53. The van der Waals surface area contributed by atoms with Crippen LogP contribution in [0.4, 0.5) is 17.2 Å². The molecule has 5 N–H and O–H groups in total. The molecule has 1 aliphatic carbocycles. The second-order valence-corrected chi connectivity index (χ2v) is 7.53. The summed E-state index contributed by atoms with van der Waals surface area (Å²) in [5.41, 5.74) is 7.71. The second kappa shape index (κ2) is 7.42. The molecule has 1 saturated heterocycles. The number of aromatic nitrogens is 2. The molecule has 0 amide bonds. The minimum atomic E-state index is -0.237. The summed E-state index contributed by atoms with van der Waals surface area (Å²) in [5.74, 6) is 1.44. The molecule has 1 aromatic carbocycles. The van der Waals surface area contributed by atoms with Gasteiger partial charge in [0.15, 0.2) is 0 Å². The van der Waals surface area contributed by atoms with Crippen molar-refractivity contribution in [3.63, 3.8) is 0 Å². The van der Waals surface area contributed by atoms with Crippen LogP contribution in [-0.4, -0.2) is 35.3 Å². The number of benzene rings is 1. The molecule has 2 aromatic rings. The summed E-state index contributed by atoms with van der Waals surface area (Å²) in [4.78, 5) is 22.3. The Morgan fingerprint density at radius 2 is 1.89 bits per heavy atom. The molecule has 4 rings (SSSR count). The summed E-state index contributed by atoms with van der Waals surface area (Å²) >= 11 is 0. The van der Waals surface area contributed by atoms with E-state index >= 15 is 0 Å². The highest BCUT2D eigenvalue weighted by molar-refractivity contribution is 5.83.